The average Bonchev–Trinajstić information content (AvgIpc) is 3.43. The second kappa shape index (κ2) is 12.3. The molecule has 3 heterocycles. The average molecular weight is 592 g/mol. The number of aryl methyl sites for hydroxylation is 1. The zero-order valence-corrected chi connectivity index (χ0v) is 23.6. The number of aromatic nitrogens is 2. The largest absolute Gasteiger partial charge is 0.396 e. The van der Waals surface area contributed by atoms with Gasteiger partial charge in [0.15, 0.2) is 5.01 Å². The zero-order chi connectivity index (χ0) is 29.9. The molecule has 2 fully saturated rings. The van der Waals surface area contributed by atoms with E-state index in [0.717, 1.165) is 36.6 Å². The molecule has 0 radical (unpaired) electrons. The van der Waals surface area contributed by atoms with E-state index >= 15 is 0 Å². The lowest BCUT2D eigenvalue weighted by Crippen LogP contribution is -2.38. The summed E-state index contributed by atoms with van der Waals surface area (Å²) in [6, 6.07) is 1.52. The Morgan fingerprint density at radius 2 is 2.00 bits per heavy atom. The van der Waals surface area contributed by atoms with Crippen LogP contribution in [-0.4, -0.2) is 69.7 Å². The van der Waals surface area contributed by atoms with E-state index in [1.165, 1.54) is 26.7 Å². The van der Waals surface area contributed by atoms with E-state index in [1.54, 1.807) is 6.92 Å². The van der Waals surface area contributed by atoms with Crippen LogP contribution in [0.5, 0.6) is 0 Å². The van der Waals surface area contributed by atoms with Crippen molar-refractivity contribution in [3.8, 4) is 10.4 Å². The Morgan fingerprint density at radius 1 is 1.32 bits per heavy atom. The van der Waals surface area contributed by atoms with Gasteiger partial charge in [-0.3, -0.25) is 9.59 Å². The van der Waals surface area contributed by atoms with Crippen LogP contribution < -0.4 is 10.6 Å². The van der Waals surface area contributed by atoms with Crippen molar-refractivity contribution < 1.29 is 36.6 Å². The van der Waals surface area contributed by atoms with Gasteiger partial charge >= 0.3 is 6.18 Å². The van der Waals surface area contributed by atoms with Gasteiger partial charge < -0.3 is 20.6 Å². The maximum absolute atomic E-state index is 13.8. The van der Waals surface area contributed by atoms with Crippen molar-refractivity contribution in [2.24, 2.45) is 5.41 Å². The predicted molar refractivity (Wildman–Crippen MR) is 141 cm³/mol. The summed E-state index contributed by atoms with van der Waals surface area (Å²) < 4.78 is 66.8. The third kappa shape index (κ3) is 7.87. The number of anilines is 1. The summed E-state index contributed by atoms with van der Waals surface area (Å²) >= 11 is 0.892. The summed E-state index contributed by atoms with van der Waals surface area (Å²) in [6.07, 6.45) is -2.86. The zero-order valence-electron chi connectivity index (χ0n) is 22.7. The molecule has 0 bridgehead atoms. The van der Waals surface area contributed by atoms with Gasteiger partial charge in [0.1, 0.15) is 5.82 Å². The van der Waals surface area contributed by atoms with Crippen LogP contribution in [0.15, 0.2) is 12.3 Å². The number of carbonyl (C=O) groups is 2. The van der Waals surface area contributed by atoms with E-state index in [0.29, 0.717) is 16.6 Å². The Bertz CT molecular complexity index is 1190. The highest BCUT2D eigenvalue weighted by Gasteiger charge is 2.62. The van der Waals surface area contributed by atoms with Crippen molar-refractivity contribution in [1.29, 1.82) is 0 Å². The Kier molecular flexibility index (Phi) is 9.76. The van der Waals surface area contributed by atoms with Crippen molar-refractivity contribution >= 4 is 29.5 Å². The first kappa shape index (κ1) is 31.7. The first-order valence-electron chi connectivity index (χ1n) is 12.8. The smallest absolute Gasteiger partial charge is 0.389 e. The van der Waals surface area contributed by atoms with E-state index in [-0.39, 0.29) is 35.8 Å². The van der Waals surface area contributed by atoms with Crippen LogP contribution in [0, 0.1) is 12.3 Å². The molecule has 2 aliphatic rings. The molecule has 1 saturated carbocycles. The lowest BCUT2D eigenvalue weighted by atomic mass is 10.1. The van der Waals surface area contributed by atoms with Gasteiger partial charge in [-0.05, 0) is 59.4 Å². The van der Waals surface area contributed by atoms with Crippen LogP contribution in [0.1, 0.15) is 73.9 Å². The standard InChI is InChI=1S/C20H23F5N4O2S.C6H11NO/c1-10-14(32-17(29-10)16(30)28-8-18(2,3)31)12-7-26-13(6-11(12)15(21)22)27-9-19(4-5-19)20(23,24)25;1-6-3-2-4-7(6)5-8/h6-7,15,31H,4-5,8-9H2,1-3H3,(H,26,27)(H,28,30);5-6H,2-4H2,1H3. The lowest BCUT2D eigenvalue weighted by Gasteiger charge is -2.20. The molecule has 0 aromatic carbocycles. The van der Waals surface area contributed by atoms with Crippen LogP contribution in [0.2, 0.25) is 0 Å². The highest BCUT2D eigenvalue weighted by atomic mass is 32.1. The third-order valence-electron chi connectivity index (χ3n) is 6.89. The molecule has 0 spiro atoms. The quantitative estimate of drug-likeness (QED) is 0.269. The highest BCUT2D eigenvalue weighted by Crippen LogP contribution is 2.57. The molecule has 2 amide bonds. The summed E-state index contributed by atoms with van der Waals surface area (Å²) in [6.45, 7) is 7.18. The topological polar surface area (TPSA) is 107 Å². The molecule has 222 valence electrons. The molecule has 1 saturated heterocycles. The Balaban J connectivity index is 0.000000472. The minimum atomic E-state index is -4.37. The van der Waals surface area contributed by atoms with Crippen LogP contribution >= 0.6 is 11.3 Å². The van der Waals surface area contributed by atoms with Gasteiger partial charge in [-0.25, -0.2) is 18.7 Å². The van der Waals surface area contributed by atoms with Gasteiger partial charge in [0.05, 0.1) is 21.6 Å². The van der Waals surface area contributed by atoms with Crippen LogP contribution in [-0.2, 0) is 4.79 Å². The number of rotatable bonds is 9. The molecule has 2 aromatic heterocycles. The molecule has 4 rings (SSSR count). The monoisotopic (exact) mass is 591 g/mol. The first-order valence-corrected chi connectivity index (χ1v) is 13.7. The number of halogens is 5. The molecule has 1 aliphatic heterocycles. The normalized spacial score (nSPS) is 18.3. The summed E-state index contributed by atoms with van der Waals surface area (Å²) in [5.41, 5.74) is -3.00. The molecule has 14 heteroatoms. The van der Waals surface area contributed by atoms with Crippen molar-refractivity contribution in [3.63, 3.8) is 0 Å². The molecule has 40 heavy (non-hydrogen) atoms. The number of aliphatic hydroxyl groups is 1. The first-order chi connectivity index (χ1) is 18.6. The number of carbonyl (C=O) groups excluding carboxylic acids is 2. The highest BCUT2D eigenvalue weighted by molar-refractivity contribution is 7.17. The minimum Gasteiger partial charge on any atom is -0.389 e. The van der Waals surface area contributed by atoms with E-state index in [9.17, 15) is 36.6 Å². The molecule has 8 nitrogen and oxygen atoms in total. The third-order valence-corrected chi connectivity index (χ3v) is 8.08. The lowest BCUT2D eigenvalue weighted by molar-refractivity contribution is -0.182. The number of amides is 2. The fourth-order valence-corrected chi connectivity index (χ4v) is 5.15. The fraction of sp³-hybridized carbons (Fsp3) is 0.615. The number of nitrogens with one attached hydrogen (secondary N) is 2. The molecular weight excluding hydrogens is 557 g/mol. The van der Waals surface area contributed by atoms with Gasteiger partial charge in [0, 0.05) is 43.0 Å². The van der Waals surface area contributed by atoms with Gasteiger partial charge in [-0.15, -0.1) is 11.3 Å². The SMILES string of the molecule is CC1CCCN1C=O.Cc1nc(C(=O)NCC(C)(C)O)sc1-c1cnc(NCC2(C(F)(F)F)CC2)cc1C(F)F. The fourth-order valence-electron chi connectivity index (χ4n) is 4.14. The second-order valence-electron chi connectivity index (χ2n) is 10.9. The van der Waals surface area contributed by atoms with Gasteiger partial charge in [-0.1, -0.05) is 0 Å². The summed E-state index contributed by atoms with van der Waals surface area (Å²) in [5, 5.41) is 14.8. The van der Waals surface area contributed by atoms with Crippen LogP contribution in [0.25, 0.3) is 10.4 Å². The Hall–Kier alpha value is -2.87. The van der Waals surface area contributed by atoms with Crippen molar-refractivity contribution in [3.05, 3.63) is 28.5 Å². The predicted octanol–water partition coefficient (Wildman–Crippen LogP) is 5.33. The number of hydrogen-bond acceptors (Lipinski definition) is 7. The van der Waals surface area contributed by atoms with Gasteiger partial charge in [-0.2, -0.15) is 13.2 Å². The molecule has 1 unspecified atom stereocenters. The number of nitrogens with zero attached hydrogens (tertiary/aromatic N) is 3. The van der Waals surface area contributed by atoms with E-state index in [2.05, 4.69) is 27.5 Å². The number of likely N-dealkylation sites (tertiary alicyclic amines) is 1. The van der Waals surface area contributed by atoms with E-state index in [4.69, 9.17) is 0 Å². The number of thiazole rings is 1. The van der Waals surface area contributed by atoms with Crippen LogP contribution in [0.3, 0.4) is 0 Å². The molecule has 2 aromatic rings. The number of alkyl halides is 5. The molecular formula is C26H34F5N5O3S. The summed E-state index contributed by atoms with van der Waals surface area (Å²) in [5.74, 6) is -0.636. The Labute approximate surface area is 233 Å². The number of hydrogen-bond donors (Lipinski definition) is 3. The maximum Gasteiger partial charge on any atom is 0.396 e. The minimum absolute atomic E-state index is 0.0122. The molecule has 1 atom stereocenters. The van der Waals surface area contributed by atoms with E-state index < -0.39 is 41.6 Å². The molecule has 1 aliphatic carbocycles. The van der Waals surface area contributed by atoms with Crippen molar-refractivity contribution in [2.45, 2.75) is 77.6 Å². The van der Waals surface area contributed by atoms with Crippen LogP contribution in [0.4, 0.5) is 27.8 Å². The maximum atomic E-state index is 13.8. The summed E-state index contributed by atoms with van der Waals surface area (Å²) in [4.78, 5) is 32.7. The summed E-state index contributed by atoms with van der Waals surface area (Å²) in [7, 11) is 0. The van der Waals surface area contributed by atoms with Crippen molar-refractivity contribution in [1.82, 2.24) is 20.2 Å². The van der Waals surface area contributed by atoms with Crippen molar-refractivity contribution in [2.75, 3.05) is 25.0 Å². The van der Waals surface area contributed by atoms with Gasteiger partial charge in [0.2, 0.25) is 6.41 Å². The molecule has 3 N–H and O–H groups in total. The second-order valence-corrected chi connectivity index (χ2v) is 11.9. The Morgan fingerprint density at radius 3 is 2.48 bits per heavy atom. The van der Waals surface area contributed by atoms with E-state index in [1.807, 2.05) is 4.90 Å². The number of pyridine rings is 1. The van der Waals surface area contributed by atoms with Gasteiger partial charge in [0.25, 0.3) is 12.3 Å².